The second-order valence-corrected chi connectivity index (χ2v) is 6.83. The molecule has 1 aromatic carbocycles. The van der Waals surface area contributed by atoms with Crippen LogP contribution in [-0.2, 0) is 4.79 Å². The number of aromatic amines is 1. The zero-order valence-electron chi connectivity index (χ0n) is 15.6. The number of carbonyl (C=O) groups is 2. The second-order valence-electron chi connectivity index (χ2n) is 6.83. The fourth-order valence-corrected chi connectivity index (χ4v) is 3.70. The normalized spacial score (nSPS) is 16.4. The van der Waals surface area contributed by atoms with Crippen LogP contribution in [0.25, 0.3) is 16.5 Å². The third-order valence-corrected chi connectivity index (χ3v) is 5.06. The maximum absolute atomic E-state index is 15.1. The molecule has 0 spiro atoms. The van der Waals surface area contributed by atoms with Crippen molar-refractivity contribution in [1.29, 1.82) is 0 Å². The average molecular weight is 367 g/mol. The van der Waals surface area contributed by atoms with Gasteiger partial charge in [0.2, 0.25) is 0 Å². The van der Waals surface area contributed by atoms with Crippen LogP contribution in [-0.4, -0.2) is 22.8 Å². The van der Waals surface area contributed by atoms with Crippen LogP contribution in [0.3, 0.4) is 0 Å². The number of hydrogen-bond acceptors (Lipinski definition) is 2. The molecule has 4 N–H and O–H groups in total. The van der Waals surface area contributed by atoms with Gasteiger partial charge in [0.25, 0.3) is 11.8 Å². The highest BCUT2D eigenvalue weighted by Gasteiger charge is 2.25. The molecule has 2 amide bonds. The Bertz CT molecular complexity index is 1040. The molecule has 1 aliphatic rings. The molecule has 0 radical (unpaired) electrons. The topological polar surface area (TPSA) is 88.0 Å². The summed E-state index contributed by atoms with van der Waals surface area (Å²) in [6.45, 7) is 5.38. The Morgan fingerprint density at radius 2 is 2.11 bits per heavy atom. The summed E-state index contributed by atoms with van der Waals surface area (Å²) < 4.78 is 15.1. The van der Waals surface area contributed by atoms with E-state index in [1.165, 1.54) is 6.07 Å². The van der Waals surface area contributed by atoms with Crippen molar-refractivity contribution in [3.05, 3.63) is 40.3 Å². The minimum Gasteiger partial charge on any atom is -0.366 e. The summed E-state index contributed by atoms with van der Waals surface area (Å²) in [5, 5.41) is 3.55. The van der Waals surface area contributed by atoms with Crippen molar-refractivity contribution in [3.8, 4) is 11.8 Å². The van der Waals surface area contributed by atoms with E-state index in [0.29, 0.717) is 22.9 Å². The van der Waals surface area contributed by atoms with Gasteiger partial charge in [0, 0.05) is 22.7 Å². The quantitative estimate of drug-likeness (QED) is 0.728. The number of primary amides is 1. The lowest BCUT2D eigenvalue weighted by Gasteiger charge is -2.24. The number of rotatable bonds is 3. The molecule has 6 heteroatoms. The molecule has 1 aliphatic carbocycles. The van der Waals surface area contributed by atoms with Crippen molar-refractivity contribution < 1.29 is 14.0 Å². The van der Waals surface area contributed by atoms with Crippen molar-refractivity contribution in [2.45, 2.75) is 46.1 Å². The van der Waals surface area contributed by atoms with E-state index in [-0.39, 0.29) is 17.5 Å². The number of halogens is 1. The Kier molecular flexibility index (Phi) is 5.04. The first-order chi connectivity index (χ1) is 12.8. The number of benzene rings is 1. The van der Waals surface area contributed by atoms with Crippen LogP contribution in [0.1, 0.15) is 53.4 Å². The van der Waals surface area contributed by atoms with Crippen LogP contribution >= 0.6 is 0 Å². The Morgan fingerprint density at radius 1 is 1.37 bits per heavy atom. The van der Waals surface area contributed by atoms with Gasteiger partial charge in [-0.15, -0.1) is 0 Å². The van der Waals surface area contributed by atoms with E-state index in [9.17, 15) is 9.59 Å². The molecular weight excluding hydrogens is 345 g/mol. The van der Waals surface area contributed by atoms with Crippen LogP contribution in [0, 0.1) is 31.5 Å². The van der Waals surface area contributed by atoms with Gasteiger partial charge in [-0.25, -0.2) is 4.39 Å². The molecule has 1 atom stereocenters. The highest BCUT2D eigenvalue weighted by molar-refractivity contribution is 6.09. The minimum atomic E-state index is -0.674. The molecule has 3 rings (SSSR count). The number of H-pyrrole nitrogens is 1. The van der Waals surface area contributed by atoms with Crippen LogP contribution in [0.2, 0.25) is 0 Å². The molecule has 1 heterocycles. The summed E-state index contributed by atoms with van der Waals surface area (Å²) in [5.74, 6) is 3.56. The van der Waals surface area contributed by atoms with Gasteiger partial charge in [0.15, 0.2) is 0 Å². The lowest BCUT2D eigenvalue weighted by molar-refractivity contribution is -0.116. The van der Waals surface area contributed by atoms with Crippen LogP contribution in [0.4, 0.5) is 4.39 Å². The molecule has 0 saturated carbocycles. The standard InChI is InChI=1S/C21H22FN3O2/c1-4-6-17(26)25-14-8-5-7-13(9-14)19-16(22)10-15(21(23)27)20-18(19)11(2)12(3)24-20/h7,10,14,24H,5,8-9H2,1-3H3,(H2,23,27)(H,25,26). The zero-order valence-corrected chi connectivity index (χ0v) is 15.6. The van der Waals surface area contributed by atoms with Crippen LogP contribution in [0.5, 0.6) is 0 Å². The van der Waals surface area contributed by atoms with E-state index in [4.69, 9.17) is 5.73 Å². The van der Waals surface area contributed by atoms with E-state index in [1.54, 1.807) is 6.92 Å². The first-order valence-electron chi connectivity index (χ1n) is 8.87. The van der Waals surface area contributed by atoms with E-state index in [1.807, 2.05) is 19.9 Å². The molecule has 1 aromatic heterocycles. The fraction of sp³-hybridized carbons (Fsp3) is 0.333. The van der Waals surface area contributed by atoms with E-state index in [2.05, 4.69) is 22.1 Å². The van der Waals surface area contributed by atoms with Gasteiger partial charge in [-0.1, -0.05) is 12.0 Å². The third kappa shape index (κ3) is 3.45. The second kappa shape index (κ2) is 7.28. The highest BCUT2D eigenvalue weighted by atomic mass is 19.1. The molecule has 5 nitrogen and oxygen atoms in total. The maximum Gasteiger partial charge on any atom is 0.296 e. The van der Waals surface area contributed by atoms with Crippen molar-refractivity contribution in [2.75, 3.05) is 0 Å². The molecule has 0 bridgehead atoms. The number of aromatic nitrogens is 1. The third-order valence-electron chi connectivity index (χ3n) is 5.06. The molecule has 0 saturated heterocycles. The van der Waals surface area contributed by atoms with Crippen molar-refractivity contribution in [1.82, 2.24) is 10.3 Å². The van der Waals surface area contributed by atoms with Gasteiger partial charge in [0.05, 0.1) is 11.1 Å². The smallest absolute Gasteiger partial charge is 0.296 e. The molecule has 0 aliphatic heterocycles. The summed E-state index contributed by atoms with van der Waals surface area (Å²) in [5.41, 5.74) is 9.16. The minimum absolute atomic E-state index is 0.107. The van der Waals surface area contributed by atoms with E-state index >= 15 is 4.39 Å². The van der Waals surface area contributed by atoms with E-state index in [0.717, 1.165) is 29.7 Å². The van der Waals surface area contributed by atoms with Crippen molar-refractivity contribution in [3.63, 3.8) is 0 Å². The van der Waals surface area contributed by atoms with Gasteiger partial charge in [-0.2, -0.15) is 0 Å². The number of allylic oxidation sites excluding steroid dienone is 1. The van der Waals surface area contributed by atoms with Crippen LogP contribution < -0.4 is 11.1 Å². The largest absolute Gasteiger partial charge is 0.366 e. The predicted octanol–water partition coefficient (Wildman–Crippen LogP) is 3.10. The van der Waals surface area contributed by atoms with Gasteiger partial charge >= 0.3 is 0 Å². The summed E-state index contributed by atoms with van der Waals surface area (Å²) in [6, 6.07) is 1.09. The number of carbonyl (C=O) groups excluding carboxylic acids is 2. The van der Waals surface area contributed by atoms with Gasteiger partial charge < -0.3 is 16.0 Å². The first kappa shape index (κ1) is 18.7. The van der Waals surface area contributed by atoms with Gasteiger partial charge in [0.1, 0.15) is 5.82 Å². The average Bonchev–Trinajstić information content (AvgIpc) is 2.90. The van der Waals surface area contributed by atoms with Crippen molar-refractivity contribution >= 4 is 28.3 Å². The number of hydrogen-bond donors (Lipinski definition) is 3. The molecule has 2 aromatic rings. The van der Waals surface area contributed by atoms with Gasteiger partial charge in [-0.3, -0.25) is 9.59 Å². The maximum atomic E-state index is 15.1. The van der Waals surface area contributed by atoms with Gasteiger partial charge in [-0.05, 0) is 63.2 Å². The number of amides is 2. The number of fused-ring (bicyclic) bond motifs is 1. The molecule has 140 valence electrons. The Morgan fingerprint density at radius 3 is 2.78 bits per heavy atom. The molecule has 0 fully saturated rings. The SMILES string of the molecule is CC#CC(=O)NC1CCC=C(c2c(F)cc(C(N)=O)c3[nH]c(C)c(C)c23)C1. The highest BCUT2D eigenvalue weighted by Crippen LogP contribution is 2.37. The number of nitrogens with two attached hydrogens (primary N) is 1. The zero-order chi connectivity index (χ0) is 19.7. The lowest BCUT2D eigenvalue weighted by Crippen LogP contribution is -2.35. The first-order valence-corrected chi connectivity index (χ1v) is 8.87. The predicted molar refractivity (Wildman–Crippen MR) is 103 cm³/mol. The van der Waals surface area contributed by atoms with E-state index < -0.39 is 11.7 Å². The monoisotopic (exact) mass is 367 g/mol. The number of nitrogens with one attached hydrogen (secondary N) is 2. The molecular formula is C21H22FN3O2. The van der Waals surface area contributed by atoms with Crippen molar-refractivity contribution in [2.24, 2.45) is 5.73 Å². The lowest BCUT2D eigenvalue weighted by atomic mass is 9.86. The molecule has 27 heavy (non-hydrogen) atoms. The Hall–Kier alpha value is -3.07. The Balaban J connectivity index is 2.09. The summed E-state index contributed by atoms with van der Waals surface area (Å²) in [4.78, 5) is 26.7. The summed E-state index contributed by atoms with van der Waals surface area (Å²) in [6.07, 6.45) is 4.00. The molecule has 1 unspecified atom stereocenters. The summed E-state index contributed by atoms with van der Waals surface area (Å²) >= 11 is 0. The Labute approximate surface area is 157 Å². The fourth-order valence-electron chi connectivity index (χ4n) is 3.70. The summed E-state index contributed by atoms with van der Waals surface area (Å²) in [7, 11) is 0. The number of aryl methyl sites for hydroxylation is 2. The van der Waals surface area contributed by atoms with Crippen LogP contribution in [0.15, 0.2) is 12.1 Å².